The van der Waals surface area contributed by atoms with Crippen LogP contribution < -0.4 is 5.32 Å². The summed E-state index contributed by atoms with van der Waals surface area (Å²) in [6.07, 6.45) is -4.02. The van der Waals surface area contributed by atoms with E-state index in [1.54, 1.807) is 6.92 Å². The minimum Gasteiger partial charge on any atom is -0.325 e. The average molecular weight is 307 g/mol. The van der Waals surface area contributed by atoms with Gasteiger partial charge < -0.3 is 5.32 Å². The van der Waals surface area contributed by atoms with Crippen molar-refractivity contribution in [2.75, 3.05) is 5.32 Å². The van der Waals surface area contributed by atoms with Crippen LogP contribution in [0.15, 0.2) is 54.6 Å². The van der Waals surface area contributed by atoms with E-state index < -0.39 is 23.6 Å². The molecule has 0 radical (unpaired) electrons. The number of amides is 1. The van der Waals surface area contributed by atoms with Crippen molar-refractivity contribution in [1.29, 1.82) is 0 Å². The number of alkyl halides is 3. The van der Waals surface area contributed by atoms with E-state index in [0.29, 0.717) is 6.42 Å². The predicted molar refractivity (Wildman–Crippen MR) is 79.4 cm³/mol. The Hall–Kier alpha value is -2.30. The first kappa shape index (κ1) is 16.1. The molecule has 1 amide bonds. The lowest BCUT2D eigenvalue weighted by Gasteiger charge is -2.16. The predicted octanol–water partition coefficient (Wildman–Crippen LogP) is 4.52. The molecule has 2 nitrogen and oxygen atoms in total. The Kier molecular flexibility index (Phi) is 4.85. The van der Waals surface area contributed by atoms with Crippen molar-refractivity contribution < 1.29 is 18.0 Å². The molecule has 0 aliphatic heterocycles. The van der Waals surface area contributed by atoms with E-state index in [1.807, 2.05) is 30.3 Å². The maximum absolute atomic E-state index is 12.9. The largest absolute Gasteiger partial charge is 0.418 e. The standard InChI is InChI=1S/C17H16F3NO/c1-12(11-13-7-3-2-4-8-13)16(22)21-15-10-6-5-9-14(15)17(18,19)20/h2-10,12H,11H2,1H3,(H,21,22). The quantitative estimate of drug-likeness (QED) is 0.884. The molecule has 0 bridgehead atoms. The molecule has 2 aromatic rings. The van der Waals surface area contributed by atoms with Gasteiger partial charge in [0.25, 0.3) is 0 Å². The van der Waals surface area contributed by atoms with Crippen LogP contribution in [0.3, 0.4) is 0 Å². The van der Waals surface area contributed by atoms with Crippen LogP contribution in [0.4, 0.5) is 18.9 Å². The molecule has 1 unspecified atom stereocenters. The van der Waals surface area contributed by atoms with Crippen molar-refractivity contribution in [3.05, 3.63) is 65.7 Å². The first-order valence-electron chi connectivity index (χ1n) is 6.89. The van der Waals surface area contributed by atoms with Crippen molar-refractivity contribution in [2.45, 2.75) is 19.5 Å². The van der Waals surface area contributed by atoms with Crippen LogP contribution in [0.2, 0.25) is 0 Å². The third-order valence-electron chi connectivity index (χ3n) is 3.32. The number of anilines is 1. The fraction of sp³-hybridized carbons (Fsp3) is 0.235. The van der Waals surface area contributed by atoms with Gasteiger partial charge in [-0.05, 0) is 24.1 Å². The number of para-hydroxylation sites is 1. The summed E-state index contributed by atoms with van der Waals surface area (Å²) in [5.41, 5.74) is -0.0792. The number of halogens is 3. The summed E-state index contributed by atoms with van der Waals surface area (Å²) in [7, 11) is 0. The normalized spacial score (nSPS) is 12.7. The summed E-state index contributed by atoms with van der Waals surface area (Å²) in [5.74, 6) is -0.857. The van der Waals surface area contributed by atoms with Gasteiger partial charge >= 0.3 is 6.18 Å². The van der Waals surface area contributed by atoms with Crippen molar-refractivity contribution >= 4 is 11.6 Å². The maximum atomic E-state index is 12.9. The molecule has 1 N–H and O–H groups in total. The van der Waals surface area contributed by atoms with Crippen molar-refractivity contribution in [1.82, 2.24) is 0 Å². The minimum atomic E-state index is -4.49. The summed E-state index contributed by atoms with van der Waals surface area (Å²) in [6, 6.07) is 14.3. The number of carbonyl (C=O) groups is 1. The number of nitrogens with one attached hydrogen (secondary N) is 1. The number of rotatable bonds is 4. The average Bonchev–Trinajstić information content (AvgIpc) is 2.47. The van der Waals surface area contributed by atoms with Crippen LogP contribution in [0.5, 0.6) is 0 Å². The zero-order valence-corrected chi connectivity index (χ0v) is 12.0. The van der Waals surface area contributed by atoms with Crippen LogP contribution in [-0.4, -0.2) is 5.91 Å². The Bertz CT molecular complexity index is 638. The molecule has 0 aliphatic carbocycles. The second-order valence-electron chi connectivity index (χ2n) is 5.12. The number of benzene rings is 2. The highest BCUT2D eigenvalue weighted by Crippen LogP contribution is 2.34. The molecule has 22 heavy (non-hydrogen) atoms. The third-order valence-corrected chi connectivity index (χ3v) is 3.32. The van der Waals surface area contributed by atoms with E-state index in [1.165, 1.54) is 18.2 Å². The highest BCUT2D eigenvalue weighted by Gasteiger charge is 2.33. The van der Waals surface area contributed by atoms with E-state index >= 15 is 0 Å². The second kappa shape index (κ2) is 6.64. The van der Waals surface area contributed by atoms with E-state index in [9.17, 15) is 18.0 Å². The van der Waals surface area contributed by atoms with Crippen LogP contribution in [0.25, 0.3) is 0 Å². The zero-order valence-electron chi connectivity index (χ0n) is 12.0. The molecule has 0 spiro atoms. The summed E-state index contributed by atoms with van der Waals surface area (Å²) in [4.78, 5) is 12.1. The monoisotopic (exact) mass is 307 g/mol. The molecule has 0 saturated heterocycles. The lowest BCUT2D eigenvalue weighted by atomic mass is 10.00. The lowest BCUT2D eigenvalue weighted by Crippen LogP contribution is -2.24. The molecule has 1 atom stereocenters. The Labute approximate surface area is 127 Å². The Balaban J connectivity index is 2.09. The molecule has 2 aromatic carbocycles. The molecule has 0 aliphatic rings. The fourth-order valence-corrected chi connectivity index (χ4v) is 2.16. The van der Waals surface area contributed by atoms with Crippen molar-refractivity contribution in [3.8, 4) is 0 Å². The Morgan fingerprint density at radius 1 is 1.05 bits per heavy atom. The summed E-state index contributed by atoms with van der Waals surface area (Å²) < 4.78 is 38.7. The van der Waals surface area contributed by atoms with Gasteiger partial charge in [0.05, 0.1) is 11.3 Å². The van der Waals surface area contributed by atoms with Gasteiger partial charge in [0.1, 0.15) is 0 Å². The van der Waals surface area contributed by atoms with Gasteiger partial charge in [-0.1, -0.05) is 49.4 Å². The topological polar surface area (TPSA) is 29.1 Å². The van der Waals surface area contributed by atoms with Gasteiger partial charge in [-0.15, -0.1) is 0 Å². The van der Waals surface area contributed by atoms with Gasteiger partial charge in [0.15, 0.2) is 0 Å². The van der Waals surface area contributed by atoms with Crippen LogP contribution in [0, 0.1) is 5.92 Å². The summed E-state index contributed by atoms with van der Waals surface area (Å²) in [5, 5.41) is 2.38. The summed E-state index contributed by atoms with van der Waals surface area (Å²) >= 11 is 0. The van der Waals surface area contributed by atoms with E-state index in [2.05, 4.69) is 5.32 Å². The molecule has 0 heterocycles. The molecule has 0 fully saturated rings. The third kappa shape index (κ3) is 4.10. The number of hydrogen-bond donors (Lipinski definition) is 1. The molecule has 0 aromatic heterocycles. The van der Waals surface area contributed by atoms with Gasteiger partial charge in [0, 0.05) is 5.92 Å². The highest BCUT2D eigenvalue weighted by atomic mass is 19.4. The van der Waals surface area contributed by atoms with Crippen molar-refractivity contribution in [2.24, 2.45) is 5.92 Å². The molecular formula is C17H16F3NO. The van der Waals surface area contributed by atoms with Gasteiger partial charge in [0.2, 0.25) is 5.91 Å². The lowest BCUT2D eigenvalue weighted by molar-refractivity contribution is -0.137. The summed E-state index contributed by atoms with van der Waals surface area (Å²) in [6.45, 7) is 1.69. The number of hydrogen-bond acceptors (Lipinski definition) is 1. The van der Waals surface area contributed by atoms with E-state index in [4.69, 9.17) is 0 Å². The minimum absolute atomic E-state index is 0.208. The molecule has 5 heteroatoms. The van der Waals surface area contributed by atoms with Crippen LogP contribution >= 0.6 is 0 Å². The fourth-order valence-electron chi connectivity index (χ4n) is 2.16. The molecule has 2 rings (SSSR count). The maximum Gasteiger partial charge on any atom is 0.418 e. The second-order valence-corrected chi connectivity index (χ2v) is 5.12. The highest BCUT2D eigenvalue weighted by molar-refractivity contribution is 5.93. The van der Waals surface area contributed by atoms with Crippen LogP contribution in [0.1, 0.15) is 18.1 Å². The first-order chi connectivity index (χ1) is 10.4. The SMILES string of the molecule is CC(Cc1ccccc1)C(=O)Nc1ccccc1C(F)(F)F. The Morgan fingerprint density at radius 2 is 1.64 bits per heavy atom. The van der Waals surface area contributed by atoms with Gasteiger partial charge in [-0.2, -0.15) is 13.2 Å². The molecule has 0 saturated carbocycles. The van der Waals surface area contributed by atoms with E-state index in [0.717, 1.165) is 11.6 Å². The van der Waals surface area contributed by atoms with Crippen molar-refractivity contribution in [3.63, 3.8) is 0 Å². The molecular weight excluding hydrogens is 291 g/mol. The Morgan fingerprint density at radius 3 is 2.27 bits per heavy atom. The van der Waals surface area contributed by atoms with Gasteiger partial charge in [-0.25, -0.2) is 0 Å². The molecule has 116 valence electrons. The zero-order chi connectivity index (χ0) is 16.2. The number of carbonyl (C=O) groups excluding carboxylic acids is 1. The smallest absolute Gasteiger partial charge is 0.325 e. The van der Waals surface area contributed by atoms with Gasteiger partial charge in [-0.3, -0.25) is 4.79 Å². The first-order valence-corrected chi connectivity index (χ1v) is 6.89. The van der Waals surface area contributed by atoms with E-state index in [-0.39, 0.29) is 5.69 Å². The van der Waals surface area contributed by atoms with Crippen LogP contribution in [-0.2, 0) is 17.4 Å².